The van der Waals surface area contributed by atoms with Crippen LogP contribution in [0.5, 0.6) is 0 Å². The number of carbonyl (C=O) groups is 1. The summed E-state index contributed by atoms with van der Waals surface area (Å²) in [4.78, 5) is 10.2. The Morgan fingerprint density at radius 2 is 1.85 bits per heavy atom. The van der Waals surface area contributed by atoms with Gasteiger partial charge < -0.3 is 25.6 Å². The molecule has 4 N–H and O–H groups in total. The van der Waals surface area contributed by atoms with Gasteiger partial charge in [-0.3, -0.25) is 0 Å². The summed E-state index contributed by atoms with van der Waals surface area (Å²) >= 11 is 0. The number of hydrogen-bond donors (Lipinski definition) is 3. The van der Waals surface area contributed by atoms with E-state index in [2.05, 4.69) is 5.32 Å². The summed E-state index contributed by atoms with van der Waals surface area (Å²) in [6.07, 6.45) is 0. The van der Waals surface area contributed by atoms with Crippen LogP contribution in [0.4, 0.5) is 4.79 Å². The fourth-order valence-corrected chi connectivity index (χ4v) is 0.633. The van der Waals surface area contributed by atoms with Gasteiger partial charge in [-0.1, -0.05) is 0 Å². The molecule has 0 fully saturated rings. The Kier molecular flexibility index (Phi) is 8.64. The van der Waals surface area contributed by atoms with Crippen molar-refractivity contribution in [2.24, 2.45) is 5.73 Å². The predicted molar refractivity (Wildman–Crippen MR) is 46.3 cm³/mol. The second-order valence-corrected chi connectivity index (χ2v) is 2.24. The van der Waals surface area contributed by atoms with Gasteiger partial charge in [-0.15, -0.1) is 0 Å². The van der Waals surface area contributed by atoms with Crippen LogP contribution in [0.2, 0.25) is 0 Å². The third kappa shape index (κ3) is 11.1. The molecule has 0 aromatic heterocycles. The molecule has 0 aromatic rings. The summed E-state index contributed by atoms with van der Waals surface area (Å²) in [6.45, 7) is 2.03. The van der Waals surface area contributed by atoms with Gasteiger partial charge in [-0.05, 0) is 0 Å². The summed E-state index contributed by atoms with van der Waals surface area (Å²) in [7, 11) is 0. The molecule has 0 heterocycles. The zero-order valence-electron chi connectivity index (χ0n) is 7.49. The monoisotopic (exact) mass is 192 g/mol. The van der Waals surface area contributed by atoms with Crippen molar-refractivity contribution in [3.63, 3.8) is 0 Å². The number of ether oxygens (including phenoxy) is 2. The van der Waals surface area contributed by atoms with Crippen molar-refractivity contribution < 1.29 is 19.4 Å². The first kappa shape index (κ1) is 12.2. The van der Waals surface area contributed by atoms with E-state index in [4.69, 9.17) is 20.3 Å². The van der Waals surface area contributed by atoms with Gasteiger partial charge >= 0.3 is 6.03 Å². The van der Waals surface area contributed by atoms with E-state index >= 15 is 0 Å². The highest BCUT2D eigenvalue weighted by molar-refractivity contribution is 5.71. The van der Waals surface area contributed by atoms with Gasteiger partial charge in [0.15, 0.2) is 0 Å². The number of carbonyl (C=O) groups excluding carboxylic acids is 1. The lowest BCUT2D eigenvalue weighted by Crippen LogP contribution is -2.32. The number of aliphatic hydroxyl groups is 1. The molecule has 0 spiro atoms. The van der Waals surface area contributed by atoms with E-state index in [1.54, 1.807) is 0 Å². The standard InChI is InChI=1S/C7H16N2O4/c8-7(11)9-1-3-12-5-6-13-4-2-10/h10H,1-6H2,(H3,8,9,11). The van der Waals surface area contributed by atoms with Crippen LogP contribution in [0.1, 0.15) is 0 Å². The summed E-state index contributed by atoms with van der Waals surface area (Å²) < 4.78 is 9.98. The molecule has 0 atom stereocenters. The quantitative estimate of drug-likeness (QED) is 0.416. The van der Waals surface area contributed by atoms with Gasteiger partial charge in [0.25, 0.3) is 0 Å². The number of urea groups is 1. The molecule has 2 amide bonds. The van der Waals surface area contributed by atoms with E-state index in [9.17, 15) is 4.79 Å². The third-order valence-electron chi connectivity index (χ3n) is 1.15. The third-order valence-corrected chi connectivity index (χ3v) is 1.15. The van der Waals surface area contributed by atoms with E-state index < -0.39 is 6.03 Å². The first-order valence-corrected chi connectivity index (χ1v) is 4.07. The van der Waals surface area contributed by atoms with Crippen LogP contribution in [0.3, 0.4) is 0 Å². The summed E-state index contributed by atoms with van der Waals surface area (Å²) in [5, 5.41) is 10.7. The first-order valence-electron chi connectivity index (χ1n) is 4.07. The van der Waals surface area contributed by atoms with Gasteiger partial charge in [0.1, 0.15) is 0 Å². The SMILES string of the molecule is NC(=O)NCCOCCOCCO. The van der Waals surface area contributed by atoms with E-state index in [0.29, 0.717) is 33.0 Å². The van der Waals surface area contributed by atoms with Gasteiger partial charge in [0.05, 0.1) is 33.0 Å². The zero-order valence-corrected chi connectivity index (χ0v) is 7.49. The van der Waals surface area contributed by atoms with E-state index in [0.717, 1.165) is 0 Å². The van der Waals surface area contributed by atoms with Crippen molar-refractivity contribution in [2.45, 2.75) is 0 Å². The molecule has 6 nitrogen and oxygen atoms in total. The minimum atomic E-state index is -0.555. The lowest BCUT2D eigenvalue weighted by atomic mass is 10.6. The van der Waals surface area contributed by atoms with Crippen LogP contribution in [0.25, 0.3) is 0 Å². The van der Waals surface area contributed by atoms with Crippen LogP contribution in [-0.2, 0) is 9.47 Å². The molecule has 78 valence electrons. The molecule has 0 radical (unpaired) electrons. The number of rotatable bonds is 8. The Hall–Kier alpha value is -0.850. The van der Waals surface area contributed by atoms with Crippen molar-refractivity contribution in [2.75, 3.05) is 39.6 Å². The molecule has 0 unspecified atom stereocenters. The molecule has 0 aliphatic rings. The van der Waals surface area contributed by atoms with E-state index in [1.165, 1.54) is 0 Å². The highest BCUT2D eigenvalue weighted by atomic mass is 16.5. The molecule has 0 rings (SSSR count). The van der Waals surface area contributed by atoms with Crippen molar-refractivity contribution in [3.8, 4) is 0 Å². The second-order valence-electron chi connectivity index (χ2n) is 2.24. The minimum Gasteiger partial charge on any atom is -0.394 e. The Bertz CT molecular complexity index is 132. The van der Waals surface area contributed by atoms with Crippen LogP contribution in [-0.4, -0.2) is 50.7 Å². The van der Waals surface area contributed by atoms with Crippen molar-refractivity contribution in [1.29, 1.82) is 0 Å². The minimum absolute atomic E-state index is 0.0171. The Morgan fingerprint density at radius 3 is 2.38 bits per heavy atom. The maximum Gasteiger partial charge on any atom is 0.312 e. The number of aliphatic hydroxyl groups excluding tert-OH is 1. The van der Waals surface area contributed by atoms with E-state index in [1.807, 2.05) is 0 Å². The smallest absolute Gasteiger partial charge is 0.312 e. The van der Waals surface area contributed by atoms with Gasteiger partial charge in [0.2, 0.25) is 0 Å². The molecule has 13 heavy (non-hydrogen) atoms. The number of amides is 2. The lowest BCUT2D eigenvalue weighted by Gasteiger charge is -2.04. The number of primary amides is 1. The van der Waals surface area contributed by atoms with Crippen molar-refractivity contribution in [3.05, 3.63) is 0 Å². The zero-order chi connectivity index (χ0) is 9.94. The Balaban J connectivity index is 2.87. The maximum absolute atomic E-state index is 10.2. The maximum atomic E-state index is 10.2. The Morgan fingerprint density at radius 1 is 1.23 bits per heavy atom. The average molecular weight is 192 g/mol. The molecule has 6 heteroatoms. The summed E-state index contributed by atoms with van der Waals surface area (Å²) in [6, 6.07) is -0.555. The van der Waals surface area contributed by atoms with Crippen LogP contribution in [0.15, 0.2) is 0 Å². The summed E-state index contributed by atoms with van der Waals surface area (Å²) in [5.74, 6) is 0. The highest BCUT2D eigenvalue weighted by Crippen LogP contribution is 1.77. The molecule has 0 aromatic carbocycles. The van der Waals surface area contributed by atoms with Crippen LogP contribution < -0.4 is 11.1 Å². The molecule has 0 saturated carbocycles. The van der Waals surface area contributed by atoms with Gasteiger partial charge in [-0.2, -0.15) is 0 Å². The number of hydrogen-bond acceptors (Lipinski definition) is 4. The molecular formula is C7H16N2O4. The highest BCUT2D eigenvalue weighted by Gasteiger charge is 1.91. The van der Waals surface area contributed by atoms with Gasteiger partial charge in [0, 0.05) is 6.54 Å². The lowest BCUT2D eigenvalue weighted by molar-refractivity contribution is 0.0345. The predicted octanol–water partition coefficient (Wildman–Crippen LogP) is -1.32. The fourth-order valence-electron chi connectivity index (χ4n) is 0.633. The number of nitrogens with one attached hydrogen (secondary N) is 1. The largest absolute Gasteiger partial charge is 0.394 e. The molecule has 0 saturated heterocycles. The second kappa shape index (κ2) is 9.24. The van der Waals surface area contributed by atoms with Gasteiger partial charge in [-0.25, -0.2) is 4.79 Å². The Labute approximate surface area is 77.0 Å². The topological polar surface area (TPSA) is 93.8 Å². The van der Waals surface area contributed by atoms with Crippen molar-refractivity contribution in [1.82, 2.24) is 5.32 Å². The van der Waals surface area contributed by atoms with Crippen LogP contribution in [0, 0.1) is 0 Å². The molecular weight excluding hydrogens is 176 g/mol. The number of nitrogens with two attached hydrogens (primary N) is 1. The normalized spacial score (nSPS) is 9.92. The molecule has 0 aliphatic carbocycles. The first-order chi connectivity index (χ1) is 6.27. The average Bonchev–Trinajstić information content (AvgIpc) is 2.09. The van der Waals surface area contributed by atoms with Crippen molar-refractivity contribution >= 4 is 6.03 Å². The molecule has 0 aliphatic heterocycles. The summed E-state index contributed by atoms with van der Waals surface area (Å²) in [5.41, 5.74) is 4.81. The fraction of sp³-hybridized carbons (Fsp3) is 0.857. The van der Waals surface area contributed by atoms with E-state index in [-0.39, 0.29) is 6.61 Å². The van der Waals surface area contributed by atoms with Crippen LogP contribution >= 0.6 is 0 Å². The molecule has 0 bridgehead atoms.